The second-order valence-corrected chi connectivity index (χ2v) is 14.8. The first-order valence-electron chi connectivity index (χ1n) is 14.7. The molecule has 0 aliphatic carbocycles. The Hall–Kier alpha value is -4.22. The third-order valence-corrected chi connectivity index (χ3v) is 12.1. The summed E-state index contributed by atoms with van der Waals surface area (Å²) in [5, 5.41) is 13.0. The van der Waals surface area contributed by atoms with Gasteiger partial charge in [-0.15, -0.1) is 0 Å². The van der Waals surface area contributed by atoms with E-state index in [0.29, 0.717) is 0 Å². The van der Waals surface area contributed by atoms with Crippen molar-refractivity contribution in [3.05, 3.63) is 181 Å². The molecule has 43 heavy (non-hydrogen) atoms. The number of hydrogen-bond acceptors (Lipinski definition) is 2. The van der Waals surface area contributed by atoms with E-state index in [4.69, 9.17) is 0 Å². The second kappa shape index (κ2) is 14.8. The zero-order chi connectivity index (χ0) is 29.1. The van der Waals surface area contributed by atoms with Gasteiger partial charge in [0.25, 0.3) is 0 Å². The Balaban J connectivity index is 1.05. The maximum atomic E-state index is 3.71. The monoisotopic (exact) mass is 594 g/mol. The van der Waals surface area contributed by atoms with Gasteiger partial charge < -0.3 is 10.6 Å². The van der Waals surface area contributed by atoms with Crippen LogP contribution in [0.15, 0.2) is 170 Å². The van der Waals surface area contributed by atoms with Gasteiger partial charge in [-0.2, -0.15) is 0 Å². The van der Waals surface area contributed by atoms with Crippen molar-refractivity contribution in [2.45, 2.75) is 6.42 Å². The van der Waals surface area contributed by atoms with Crippen molar-refractivity contribution < 1.29 is 0 Å². The summed E-state index contributed by atoms with van der Waals surface area (Å²) in [5.74, 6) is 0. The van der Waals surface area contributed by atoms with Crippen molar-refractivity contribution in [1.82, 2.24) is 0 Å². The van der Waals surface area contributed by atoms with Crippen LogP contribution in [0.4, 0.5) is 11.4 Å². The SMILES string of the molecule is c1ccc(P(CNc2ccc(Cc3ccc(NCP(c4ccccc4)c4ccccc4)cc3)cc2)c2ccccc2)cc1. The molecule has 0 atom stereocenters. The largest absolute Gasteiger partial charge is 0.381 e. The zero-order valence-corrected chi connectivity index (χ0v) is 26.0. The van der Waals surface area contributed by atoms with Crippen LogP contribution in [-0.4, -0.2) is 12.6 Å². The van der Waals surface area contributed by atoms with Crippen LogP contribution in [0.1, 0.15) is 11.1 Å². The van der Waals surface area contributed by atoms with Crippen molar-refractivity contribution >= 4 is 48.4 Å². The van der Waals surface area contributed by atoms with Crippen LogP contribution in [0.2, 0.25) is 0 Å². The van der Waals surface area contributed by atoms with Crippen molar-refractivity contribution in [3.63, 3.8) is 0 Å². The highest BCUT2D eigenvalue weighted by atomic mass is 31.1. The fraction of sp³-hybridized carbons (Fsp3) is 0.0769. The Morgan fingerprint density at radius 3 is 0.884 bits per heavy atom. The van der Waals surface area contributed by atoms with Gasteiger partial charge >= 0.3 is 0 Å². The molecule has 0 aliphatic heterocycles. The smallest absolute Gasteiger partial charge is 0.0430 e. The van der Waals surface area contributed by atoms with Gasteiger partial charge in [0.15, 0.2) is 0 Å². The van der Waals surface area contributed by atoms with Crippen LogP contribution >= 0.6 is 15.8 Å². The second-order valence-electron chi connectivity index (χ2n) is 10.4. The topological polar surface area (TPSA) is 24.1 Å². The maximum absolute atomic E-state index is 3.71. The van der Waals surface area contributed by atoms with Crippen LogP contribution in [0.3, 0.4) is 0 Å². The normalized spacial score (nSPS) is 11.0. The molecule has 2 N–H and O–H groups in total. The number of benzene rings is 6. The summed E-state index contributed by atoms with van der Waals surface area (Å²) in [7, 11) is -0.951. The third-order valence-electron chi connectivity index (χ3n) is 7.47. The van der Waals surface area contributed by atoms with Gasteiger partial charge in [0.1, 0.15) is 0 Å². The fourth-order valence-electron chi connectivity index (χ4n) is 5.15. The summed E-state index contributed by atoms with van der Waals surface area (Å²) in [6.45, 7) is 0. The molecule has 0 bridgehead atoms. The van der Waals surface area contributed by atoms with Gasteiger partial charge in [0.2, 0.25) is 0 Å². The van der Waals surface area contributed by atoms with Crippen LogP contribution in [-0.2, 0) is 6.42 Å². The van der Waals surface area contributed by atoms with Crippen LogP contribution in [0.5, 0.6) is 0 Å². The van der Waals surface area contributed by atoms with Crippen molar-refractivity contribution in [1.29, 1.82) is 0 Å². The molecule has 0 fully saturated rings. The minimum atomic E-state index is -0.475. The lowest BCUT2D eigenvalue weighted by molar-refractivity contribution is 1.19. The molecule has 212 valence electrons. The van der Waals surface area contributed by atoms with E-state index in [-0.39, 0.29) is 0 Å². The van der Waals surface area contributed by atoms with E-state index < -0.39 is 15.8 Å². The van der Waals surface area contributed by atoms with E-state index >= 15 is 0 Å². The van der Waals surface area contributed by atoms with Crippen molar-refractivity contribution in [2.24, 2.45) is 0 Å². The van der Waals surface area contributed by atoms with Gasteiger partial charge in [-0.3, -0.25) is 0 Å². The average molecular weight is 595 g/mol. The van der Waals surface area contributed by atoms with E-state index in [1.54, 1.807) is 0 Å². The molecular weight excluding hydrogens is 558 g/mol. The zero-order valence-electron chi connectivity index (χ0n) is 24.2. The molecule has 0 aromatic heterocycles. The molecule has 6 aromatic rings. The van der Waals surface area contributed by atoms with Crippen LogP contribution in [0.25, 0.3) is 0 Å². The molecule has 6 rings (SSSR count). The molecule has 6 aromatic carbocycles. The predicted molar refractivity (Wildman–Crippen MR) is 191 cm³/mol. The fourth-order valence-corrected chi connectivity index (χ4v) is 9.29. The maximum Gasteiger partial charge on any atom is 0.0430 e. The molecule has 4 heteroatoms. The molecule has 0 unspecified atom stereocenters. The summed E-state index contributed by atoms with van der Waals surface area (Å²) in [6, 6.07) is 61.3. The molecule has 0 aliphatic rings. The Morgan fingerprint density at radius 1 is 0.326 bits per heavy atom. The summed E-state index contributed by atoms with van der Waals surface area (Å²) >= 11 is 0. The number of hydrogen-bond donors (Lipinski definition) is 2. The molecule has 0 saturated heterocycles. The quantitative estimate of drug-likeness (QED) is 0.139. The Kier molecular flexibility index (Phi) is 9.93. The van der Waals surface area contributed by atoms with E-state index in [9.17, 15) is 0 Å². The van der Waals surface area contributed by atoms with Crippen LogP contribution in [0, 0.1) is 0 Å². The highest BCUT2D eigenvalue weighted by Gasteiger charge is 2.14. The van der Waals surface area contributed by atoms with Gasteiger partial charge in [0, 0.05) is 23.9 Å². The number of nitrogens with one attached hydrogen (secondary N) is 2. The van der Waals surface area contributed by atoms with E-state index in [1.165, 1.54) is 32.3 Å². The lowest BCUT2D eigenvalue weighted by atomic mass is 10.0. The van der Waals surface area contributed by atoms with E-state index in [1.807, 2.05) is 0 Å². The molecule has 0 saturated carbocycles. The van der Waals surface area contributed by atoms with Gasteiger partial charge in [0.05, 0.1) is 0 Å². The first-order valence-corrected chi connectivity index (χ1v) is 17.8. The number of anilines is 2. The van der Waals surface area contributed by atoms with Crippen LogP contribution < -0.4 is 31.9 Å². The molecule has 0 heterocycles. The minimum absolute atomic E-state index is 0.475. The Labute approximate surface area is 258 Å². The minimum Gasteiger partial charge on any atom is -0.381 e. The Morgan fingerprint density at radius 2 is 0.605 bits per heavy atom. The van der Waals surface area contributed by atoms with Gasteiger partial charge in [-0.1, -0.05) is 146 Å². The van der Waals surface area contributed by atoms with Gasteiger partial charge in [-0.25, -0.2) is 0 Å². The summed E-state index contributed by atoms with van der Waals surface area (Å²) in [5.41, 5.74) is 4.96. The summed E-state index contributed by atoms with van der Waals surface area (Å²) < 4.78 is 0. The van der Waals surface area contributed by atoms with Gasteiger partial charge in [-0.05, 0) is 78.9 Å². The Bertz CT molecular complexity index is 1450. The molecule has 0 radical (unpaired) electrons. The lowest BCUT2D eigenvalue weighted by Gasteiger charge is -2.20. The average Bonchev–Trinajstić information content (AvgIpc) is 3.08. The lowest BCUT2D eigenvalue weighted by Crippen LogP contribution is -2.17. The highest BCUT2D eigenvalue weighted by molar-refractivity contribution is 7.73. The third kappa shape index (κ3) is 7.99. The summed E-state index contributed by atoms with van der Waals surface area (Å²) in [6.07, 6.45) is 2.74. The standard InChI is InChI=1S/C39H36N2P2/c1-5-13-36(14-6-1)42(37-15-7-2-8-16-37)30-40-34-25-21-32(22-26-34)29-33-23-27-35(28-24-33)41-31-43(38-17-9-3-10-18-38)39-19-11-4-12-20-39/h1-28,40-41H,29-31H2. The molecular formula is C39H36N2P2. The van der Waals surface area contributed by atoms with Crippen molar-refractivity contribution in [2.75, 3.05) is 23.2 Å². The molecule has 0 spiro atoms. The van der Waals surface area contributed by atoms with E-state index in [0.717, 1.165) is 30.4 Å². The first-order chi connectivity index (χ1) is 21.3. The molecule has 0 amide bonds. The summed E-state index contributed by atoms with van der Waals surface area (Å²) in [4.78, 5) is 0. The van der Waals surface area contributed by atoms with E-state index in [2.05, 4.69) is 180 Å². The van der Waals surface area contributed by atoms with Crippen molar-refractivity contribution in [3.8, 4) is 0 Å². The predicted octanol–water partition coefficient (Wildman–Crippen LogP) is 8.28. The highest BCUT2D eigenvalue weighted by Crippen LogP contribution is 2.34. The molecule has 2 nitrogen and oxygen atoms in total. The first kappa shape index (κ1) is 28.9. The number of rotatable bonds is 12.